The molecule has 0 saturated carbocycles. The summed E-state index contributed by atoms with van der Waals surface area (Å²) in [5.41, 5.74) is 12.7. The van der Waals surface area contributed by atoms with Crippen LogP contribution in [0.1, 0.15) is 25.0 Å². The van der Waals surface area contributed by atoms with Crippen LogP contribution in [0.2, 0.25) is 0 Å². The Labute approximate surface area is 308 Å². The van der Waals surface area contributed by atoms with Crippen LogP contribution in [-0.4, -0.2) is 0 Å². The molecule has 53 heavy (non-hydrogen) atoms. The van der Waals surface area contributed by atoms with Crippen LogP contribution in [0.4, 0.5) is 17.1 Å². The smallest absolute Gasteiger partial charge is 0.143 e. The molecule has 0 N–H and O–H groups in total. The summed E-state index contributed by atoms with van der Waals surface area (Å²) in [4.78, 5) is 2.46. The van der Waals surface area contributed by atoms with Gasteiger partial charge in [-0.25, -0.2) is 0 Å². The van der Waals surface area contributed by atoms with Gasteiger partial charge in [0.1, 0.15) is 11.2 Å². The molecule has 1 aliphatic rings. The molecule has 0 aliphatic heterocycles. The molecule has 11 rings (SSSR count). The molecule has 1 heterocycles. The maximum atomic E-state index is 6.82. The average molecular weight is 678 g/mol. The van der Waals surface area contributed by atoms with Gasteiger partial charge >= 0.3 is 0 Å². The SMILES string of the molecule is CC1(C)c2ccccc2-c2cc(N(c3cccc(-c4cccc5c4oc4c6ccccc6ccc54)c3)c3cc4ccccc4c4ccccc34)ccc21. The van der Waals surface area contributed by atoms with E-state index in [1.807, 2.05) is 0 Å². The molecule has 0 radical (unpaired) electrons. The first-order valence-corrected chi connectivity index (χ1v) is 18.4. The van der Waals surface area contributed by atoms with E-state index in [0.29, 0.717) is 0 Å². The van der Waals surface area contributed by atoms with E-state index in [9.17, 15) is 0 Å². The first kappa shape index (κ1) is 30.0. The molecule has 1 aromatic heterocycles. The van der Waals surface area contributed by atoms with Crippen LogP contribution in [0, 0.1) is 0 Å². The molecule has 10 aromatic rings. The second kappa shape index (κ2) is 11.2. The highest BCUT2D eigenvalue weighted by molar-refractivity contribution is 6.18. The second-order valence-electron chi connectivity index (χ2n) is 14.9. The summed E-state index contributed by atoms with van der Waals surface area (Å²) in [6.45, 7) is 4.69. The van der Waals surface area contributed by atoms with Crippen molar-refractivity contribution in [2.75, 3.05) is 4.90 Å². The van der Waals surface area contributed by atoms with E-state index in [0.717, 1.165) is 55.5 Å². The summed E-state index contributed by atoms with van der Waals surface area (Å²) in [6.07, 6.45) is 0. The van der Waals surface area contributed by atoms with Gasteiger partial charge in [0.25, 0.3) is 0 Å². The lowest BCUT2D eigenvalue weighted by Crippen LogP contribution is -2.15. The van der Waals surface area contributed by atoms with Crippen molar-refractivity contribution in [1.29, 1.82) is 0 Å². The van der Waals surface area contributed by atoms with Crippen molar-refractivity contribution in [2.24, 2.45) is 0 Å². The van der Waals surface area contributed by atoms with Crippen LogP contribution < -0.4 is 4.90 Å². The van der Waals surface area contributed by atoms with E-state index in [1.165, 1.54) is 49.2 Å². The van der Waals surface area contributed by atoms with Gasteiger partial charge in [-0.1, -0.05) is 153 Å². The minimum Gasteiger partial charge on any atom is -0.455 e. The minimum absolute atomic E-state index is 0.0680. The molecule has 0 amide bonds. The molecule has 0 spiro atoms. The van der Waals surface area contributed by atoms with Crippen LogP contribution in [-0.2, 0) is 5.41 Å². The zero-order chi connectivity index (χ0) is 35.3. The minimum atomic E-state index is -0.0680. The second-order valence-corrected chi connectivity index (χ2v) is 14.9. The van der Waals surface area contributed by atoms with Crippen molar-refractivity contribution in [3.05, 3.63) is 187 Å². The number of anilines is 3. The zero-order valence-corrected chi connectivity index (χ0v) is 29.6. The van der Waals surface area contributed by atoms with E-state index in [-0.39, 0.29) is 5.41 Å². The van der Waals surface area contributed by atoms with Crippen molar-refractivity contribution >= 4 is 71.3 Å². The molecule has 0 saturated heterocycles. The van der Waals surface area contributed by atoms with Crippen molar-refractivity contribution < 1.29 is 4.42 Å². The number of benzene rings is 9. The average Bonchev–Trinajstić information content (AvgIpc) is 3.70. The predicted molar refractivity (Wildman–Crippen MR) is 224 cm³/mol. The Morgan fingerprint density at radius 1 is 0.396 bits per heavy atom. The fourth-order valence-corrected chi connectivity index (χ4v) is 9.06. The Morgan fingerprint density at radius 3 is 1.92 bits per heavy atom. The van der Waals surface area contributed by atoms with Gasteiger partial charge in [0.05, 0.1) is 5.69 Å². The predicted octanol–water partition coefficient (Wildman–Crippen LogP) is 14.5. The van der Waals surface area contributed by atoms with Crippen LogP contribution in [0.3, 0.4) is 0 Å². The van der Waals surface area contributed by atoms with Crippen molar-refractivity contribution in [3.8, 4) is 22.3 Å². The Bertz CT molecular complexity index is 3110. The van der Waals surface area contributed by atoms with Gasteiger partial charge in [-0.3, -0.25) is 0 Å². The molecule has 0 bridgehead atoms. The van der Waals surface area contributed by atoms with Gasteiger partial charge < -0.3 is 9.32 Å². The Hall–Kier alpha value is -6.64. The monoisotopic (exact) mass is 677 g/mol. The summed E-state index contributed by atoms with van der Waals surface area (Å²) in [5, 5.41) is 9.52. The maximum Gasteiger partial charge on any atom is 0.143 e. The van der Waals surface area contributed by atoms with E-state index in [1.54, 1.807) is 0 Å². The molecule has 0 unspecified atom stereocenters. The first-order valence-electron chi connectivity index (χ1n) is 18.4. The number of furan rings is 1. The molecule has 2 nitrogen and oxygen atoms in total. The third kappa shape index (κ3) is 4.39. The highest BCUT2D eigenvalue weighted by Crippen LogP contribution is 2.51. The van der Waals surface area contributed by atoms with Gasteiger partial charge in [0.2, 0.25) is 0 Å². The number of fused-ring (bicyclic) bond motifs is 11. The Kier molecular flexibility index (Phi) is 6.33. The van der Waals surface area contributed by atoms with Gasteiger partial charge in [-0.15, -0.1) is 0 Å². The van der Waals surface area contributed by atoms with Crippen molar-refractivity contribution in [2.45, 2.75) is 19.3 Å². The lowest BCUT2D eigenvalue weighted by atomic mass is 9.82. The number of rotatable bonds is 4. The summed E-state index contributed by atoms with van der Waals surface area (Å²) < 4.78 is 6.82. The Balaban J connectivity index is 1.16. The van der Waals surface area contributed by atoms with E-state index >= 15 is 0 Å². The van der Waals surface area contributed by atoms with E-state index in [4.69, 9.17) is 4.42 Å². The summed E-state index contributed by atoms with van der Waals surface area (Å²) >= 11 is 0. The highest BCUT2D eigenvalue weighted by atomic mass is 16.3. The van der Waals surface area contributed by atoms with Crippen LogP contribution >= 0.6 is 0 Å². The third-order valence-corrected chi connectivity index (χ3v) is 11.6. The lowest BCUT2D eigenvalue weighted by Gasteiger charge is -2.29. The largest absolute Gasteiger partial charge is 0.455 e. The fraction of sp³-hybridized carbons (Fsp3) is 0.0588. The van der Waals surface area contributed by atoms with Gasteiger partial charge in [0, 0.05) is 43.9 Å². The fourth-order valence-electron chi connectivity index (χ4n) is 9.06. The van der Waals surface area contributed by atoms with Crippen molar-refractivity contribution in [3.63, 3.8) is 0 Å². The summed E-state index contributed by atoms with van der Waals surface area (Å²) in [6, 6.07) is 64.2. The van der Waals surface area contributed by atoms with Crippen LogP contribution in [0.15, 0.2) is 180 Å². The number of hydrogen-bond acceptors (Lipinski definition) is 2. The molecule has 0 fully saturated rings. The zero-order valence-electron chi connectivity index (χ0n) is 29.6. The quantitative estimate of drug-likeness (QED) is 0.172. The maximum absolute atomic E-state index is 6.82. The van der Waals surface area contributed by atoms with Crippen LogP contribution in [0.5, 0.6) is 0 Å². The third-order valence-electron chi connectivity index (χ3n) is 11.6. The number of para-hydroxylation sites is 1. The van der Waals surface area contributed by atoms with Gasteiger partial charge in [-0.05, 0) is 85.8 Å². The number of hydrogen-bond donors (Lipinski definition) is 0. The molecule has 0 atom stereocenters. The first-order chi connectivity index (χ1) is 26.0. The summed E-state index contributed by atoms with van der Waals surface area (Å²) in [5.74, 6) is 0. The lowest BCUT2D eigenvalue weighted by molar-refractivity contribution is 0.660. The molecular weight excluding hydrogens is 643 g/mol. The normalized spacial score (nSPS) is 13.2. The van der Waals surface area contributed by atoms with Gasteiger partial charge in [-0.2, -0.15) is 0 Å². The molecule has 2 heteroatoms. The highest BCUT2D eigenvalue weighted by Gasteiger charge is 2.35. The van der Waals surface area contributed by atoms with Crippen molar-refractivity contribution in [1.82, 2.24) is 0 Å². The Morgan fingerprint density at radius 2 is 1.04 bits per heavy atom. The topological polar surface area (TPSA) is 16.4 Å². The molecule has 1 aliphatic carbocycles. The number of nitrogens with zero attached hydrogens (tertiary/aromatic N) is 1. The van der Waals surface area contributed by atoms with E-state index in [2.05, 4.69) is 195 Å². The summed E-state index contributed by atoms with van der Waals surface area (Å²) in [7, 11) is 0. The molecule has 250 valence electrons. The molecular formula is C51H35NO. The van der Waals surface area contributed by atoms with Gasteiger partial charge in [0.15, 0.2) is 0 Å². The molecule has 9 aromatic carbocycles. The van der Waals surface area contributed by atoms with E-state index < -0.39 is 0 Å². The van der Waals surface area contributed by atoms with Crippen LogP contribution in [0.25, 0.3) is 76.5 Å². The standard InChI is InChI=1S/C51H35NO/c1-51(2)46-24-10-9-20-41(46)45-31-36(26-28-47(45)51)52(48-30-34-14-4-5-17-37(34)40-19-7-8-21-42(40)48)35-16-11-15-33(29-35)39-22-12-23-43-44-27-25-32-13-3-6-18-38(32)49(44)53-50(39)43/h3-31H,1-2H3.